The standard InChI is InChI=1S/C19H25N3O3S/c1-3-22-18(24)15-9-7-13(11-16(15)21-19(22)26)17(23)20-12(2)6-8-14-5-4-10-25-14/h7,9,11-12,14H,3-6,8,10H2,1-2H3,(H,20,23)(H,21,26)/t12-,14-/m0/s1. The van der Waals surface area contributed by atoms with Gasteiger partial charge in [0.1, 0.15) is 0 Å². The van der Waals surface area contributed by atoms with E-state index in [0.717, 1.165) is 32.3 Å². The van der Waals surface area contributed by atoms with Crippen LogP contribution in [0.5, 0.6) is 0 Å². The highest BCUT2D eigenvalue weighted by Crippen LogP contribution is 2.18. The summed E-state index contributed by atoms with van der Waals surface area (Å²) >= 11 is 5.23. The number of fused-ring (bicyclic) bond motifs is 1. The average molecular weight is 375 g/mol. The molecule has 2 N–H and O–H groups in total. The number of ether oxygens (including phenoxy) is 1. The van der Waals surface area contributed by atoms with Crippen LogP contribution in [0.3, 0.4) is 0 Å². The number of nitrogens with zero attached hydrogens (tertiary/aromatic N) is 1. The summed E-state index contributed by atoms with van der Waals surface area (Å²) in [7, 11) is 0. The Kier molecular flexibility index (Phi) is 5.88. The molecule has 0 aliphatic carbocycles. The second kappa shape index (κ2) is 8.14. The maximum Gasteiger partial charge on any atom is 0.262 e. The molecule has 2 atom stereocenters. The molecule has 1 fully saturated rings. The molecule has 0 bridgehead atoms. The van der Waals surface area contributed by atoms with Gasteiger partial charge in [0.2, 0.25) is 0 Å². The Bertz CT molecular complexity index is 912. The fourth-order valence-corrected chi connectivity index (χ4v) is 3.69. The van der Waals surface area contributed by atoms with Gasteiger partial charge in [-0.1, -0.05) is 0 Å². The van der Waals surface area contributed by atoms with Crippen LogP contribution in [-0.4, -0.2) is 34.2 Å². The molecule has 0 unspecified atom stereocenters. The first-order valence-corrected chi connectivity index (χ1v) is 9.59. The second-order valence-corrected chi connectivity index (χ2v) is 7.21. The lowest BCUT2D eigenvalue weighted by Crippen LogP contribution is -2.33. The number of rotatable bonds is 6. The van der Waals surface area contributed by atoms with Gasteiger partial charge in [-0.05, 0) is 69.9 Å². The number of aromatic nitrogens is 2. The summed E-state index contributed by atoms with van der Waals surface area (Å²) in [6, 6.07) is 5.12. The molecule has 3 rings (SSSR count). The molecule has 1 aliphatic rings. The molecule has 1 aromatic heterocycles. The van der Waals surface area contributed by atoms with Gasteiger partial charge in [-0.3, -0.25) is 14.2 Å². The number of aromatic amines is 1. The zero-order valence-electron chi connectivity index (χ0n) is 15.2. The van der Waals surface area contributed by atoms with Crippen molar-refractivity contribution in [1.82, 2.24) is 14.9 Å². The number of benzene rings is 1. The smallest absolute Gasteiger partial charge is 0.262 e. The molecule has 1 aliphatic heterocycles. The molecule has 140 valence electrons. The maximum atomic E-state index is 12.5. The minimum atomic E-state index is -0.147. The second-order valence-electron chi connectivity index (χ2n) is 6.83. The van der Waals surface area contributed by atoms with Crippen molar-refractivity contribution in [1.29, 1.82) is 0 Å². The Morgan fingerprint density at radius 2 is 2.31 bits per heavy atom. The zero-order chi connectivity index (χ0) is 18.7. The normalized spacial score (nSPS) is 18.2. The number of hydrogen-bond donors (Lipinski definition) is 2. The monoisotopic (exact) mass is 375 g/mol. The SMILES string of the molecule is CCn1c(=S)[nH]c2cc(C(=O)N[C@@H](C)CC[C@@H]3CCCO3)ccc2c1=O. The van der Waals surface area contributed by atoms with Gasteiger partial charge >= 0.3 is 0 Å². The summed E-state index contributed by atoms with van der Waals surface area (Å²) in [5.74, 6) is -0.147. The summed E-state index contributed by atoms with van der Waals surface area (Å²) < 4.78 is 7.50. The topological polar surface area (TPSA) is 76.1 Å². The van der Waals surface area contributed by atoms with E-state index in [1.165, 1.54) is 4.57 Å². The van der Waals surface area contributed by atoms with Gasteiger partial charge in [0.05, 0.1) is 17.0 Å². The molecule has 0 radical (unpaired) electrons. The summed E-state index contributed by atoms with van der Waals surface area (Å²) in [5.41, 5.74) is 0.966. The van der Waals surface area contributed by atoms with Gasteiger partial charge in [-0.25, -0.2) is 0 Å². The van der Waals surface area contributed by atoms with Crippen LogP contribution in [0.25, 0.3) is 10.9 Å². The molecule has 7 heteroatoms. The van der Waals surface area contributed by atoms with Gasteiger partial charge < -0.3 is 15.0 Å². The molecule has 0 spiro atoms. The predicted molar refractivity (Wildman–Crippen MR) is 104 cm³/mol. The summed E-state index contributed by atoms with van der Waals surface area (Å²) in [6.45, 7) is 5.23. The van der Waals surface area contributed by atoms with Crippen LogP contribution in [-0.2, 0) is 11.3 Å². The average Bonchev–Trinajstić information content (AvgIpc) is 3.13. The largest absolute Gasteiger partial charge is 0.378 e. The van der Waals surface area contributed by atoms with E-state index in [9.17, 15) is 9.59 Å². The first-order chi connectivity index (χ1) is 12.5. The predicted octanol–water partition coefficient (Wildman–Crippen LogP) is 3.16. The third-order valence-electron chi connectivity index (χ3n) is 4.88. The molecule has 1 saturated heterocycles. The first kappa shape index (κ1) is 18.8. The fourth-order valence-electron chi connectivity index (χ4n) is 3.37. The molecular formula is C19H25N3O3S. The highest BCUT2D eigenvalue weighted by molar-refractivity contribution is 7.71. The van der Waals surface area contributed by atoms with Crippen molar-refractivity contribution >= 4 is 29.0 Å². The van der Waals surface area contributed by atoms with Crippen LogP contribution in [0, 0.1) is 4.77 Å². The highest BCUT2D eigenvalue weighted by Gasteiger charge is 2.18. The van der Waals surface area contributed by atoms with Crippen LogP contribution in [0.1, 0.15) is 49.9 Å². The van der Waals surface area contributed by atoms with Crippen molar-refractivity contribution in [3.63, 3.8) is 0 Å². The summed E-state index contributed by atoms with van der Waals surface area (Å²) in [5, 5.41) is 3.55. The van der Waals surface area contributed by atoms with Crippen LogP contribution in [0.4, 0.5) is 0 Å². The van der Waals surface area contributed by atoms with Crippen molar-refractivity contribution in [2.45, 2.75) is 58.2 Å². The Morgan fingerprint density at radius 3 is 3.00 bits per heavy atom. The van der Waals surface area contributed by atoms with Crippen molar-refractivity contribution < 1.29 is 9.53 Å². The van der Waals surface area contributed by atoms with Crippen LogP contribution in [0.15, 0.2) is 23.0 Å². The Balaban J connectivity index is 1.72. The first-order valence-electron chi connectivity index (χ1n) is 9.19. The third kappa shape index (κ3) is 4.04. The molecule has 6 nitrogen and oxygen atoms in total. The van der Waals surface area contributed by atoms with Crippen molar-refractivity contribution in [2.75, 3.05) is 6.61 Å². The molecule has 2 aromatic rings. The third-order valence-corrected chi connectivity index (χ3v) is 5.21. The lowest BCUT2D eigenvalue weighted by molar-refractivity contribution is 0.0899. The van der Waals surface area contributed by atoms with Crippen LogP contribution < -0.4 is 10.9 Å². The van der Waals surface area contributed by atoms with Gasteiger partial charge in [0.25, 0.3) is 11.5 Å². The number of amides is 1. The summed E-state index contributed by atoms with van der Waals surface area (Å²) in [6.07, 6.45) is 4.41. The van der Waals surface area contributed by atoms with E-state index in [0.29, 0.717) is 33.9 Å². The van der Waals surface area contributed by atoms with E-state index in [4.69, 9.17) is 17.0 Å². The lowest BCUT2D eigenvalue weighted by atomic mass is 10.1. The highest BCUT2D eigenvalue weighted by atomic mass is 32.1. The minimum absolute atomic E-state index is 0.0639. The fraction of sp³-hybridized carbons (Fsp3) is 0.526. The van der Waals surface area contributed by atoms with E-state index in [1.807, 2.05) is 13.8 Å². The molecule has 26 heavy (non-hydrogen) atoms. The quantitative estimate of drug-likeness (QED) is 0.761. The minimum Gasteiger partial charge on any atom is -0.378 e. The number of nitrogens with one attached hydrogen (secondary N) is 2. The van der Waals surface area contributed by atoms with Crippen molar-refractivity contribution in [2.24, 2.45) is 0 Å². The van der Waals surface area contributed by atoms with Crippen molar-refractivity contribution in [3.05, 3.63) is 38.9 Å². The Morgan fingerprint density at radius 1 is 1.50 bits per heavy atom. The molecule has 1 amide bonds. The lowest BCUT2D eigenvalue weighted by Gasteiger charge is -2.16. The van der Waals surface area contributed by atoms with Gasteiger partial charge in [-0.2, -0.15) is 0 Å². The molecule has 2 heterocycles. The number of carbonyl (C=O) groups excluding carboxylic acids is 1. The van der Waals surface area contributed by atoms with E-state index >= 15 is 0 Å². The Hall–Kier alpha value is -1.99. The Labute approximate surface area is 157 Å². The van der Waals surface area contributed by atoms with E-state index in [-0.39, 0.29) is 17.5 Å². The van der Waals surface area contributed by atoms with E-state index in [2.05, 4.69) is 10.3 Å². The summed E-state index contributed by atoms with van der Waals surface area (Å²) in [4.78, 5) is 28.0. The molecule has 1 aromatic carbocycles. The van der Waals surface area contributed by atoms with Crippen molar-refractivity contribution in [3.8, 4) is 0 Å². The van der Waals surface area contributed by atoms with E-state index in [1.54, 1.807) is 18.2 Å². The van der Waals surface area contributed by atoms with Crippen LogP contribution in [0.2, 0.25) is 0 Å². The zero-order valence-corrected chi connectivity index (χ0v) is 16.0. The van der Waals surface area contributed by atoms with Gasteiger partial charge in [-0.15, -0.1) is 0 Å². The maximum absolute atomic E-state index is 12.5. The number of hydrogen-bond acceptors (Lipinski definition) is 4. The van der Waals surface area contributed by atoms with Gasteiger partial charge in [0, 0.05) is 24.8 Å². The van der Waals surface area contributed by atoms with E-state index < -0.39 is 0 Å². The number of H-pyrrole nitrogens is 1. The van der Waals surface area contributed by atoms with Crippen LogP contribution >= 0.6 is 12.2 Å². The molecule has 0 saturated carbocycles. The van der Waals surface area contributed by atoms with Gasteiger partial charge in [0.15, 0.2) is 4.77 Å². The number of carbonyl (C=O) groups is 1. The molecular weight excluding hydrogens is 350 g/mol.